The summed E-state index contributed by atoms with van der Waals surface area (Å²) in [5.41, 5.74) is 1.19. The molecule has 1 aliphatic heterocycles. The van der Waals surface area contributed by atoms with E-state index in [0.29, 0.717) is 12.1 Å². The predicted molar refractivity (Wildman–Crippen MR) is 76.3 cm³/mol. The van der Waals surface area contributed by atoms with Crippen molar-refractivity contribution in [3.63, 3.8) is 0 Å². The third kappa shape index (κ3) is 3.39. The molecule has 0 bridgehead atoms. The van der Waals surface area contributed by atoms with Gasteiger partial charge in [-0.15, -0.1) is 0 Å². The number of likely N-dealkylation sites (N-methyl/N-ethyl adjacent to an activating group) is 1. The van der Waals surface area contributed by atoms with Crippen molar-refractivity contribution in [2.75, 3.05) is 25.5 Å². The molecule has 0 spiro atoms. The summed E-state index contributed by atoms with van der Waals surface area (Å²) in [6, 6.07) is 9.53. The van der Waals surface area contributed by atoms with Gasteiger partial charge in [-0.1, -0.05) is 6.92 Å². The van der Waals surface area contributed by atoms with Gasteiger partial charge in [0.05, 0.1) is 6.61 Å². The maximum Gasteiger partial charge on any atom is 0.119 e. The number of benzene rings is 1. The van der Waals surface area contributed by atoms with Crippen molar-refractivity contribution >= 4 is 5.69 Å². The van der Waals surface area contributed by atoms with E-state index in [-0.39, 0.29) is 0 Å². The van der Waals surface area contributed by atoms with Gasteiger partial charge in [-0.2, -0.15) is 0 Å². The van der Waals surface area contributed by atoms with E-state index in [1.165, 1.54) is 12.1 Å². The number of ether oxygens (including phenoxy) is 1. The van der Waals surface area contributed by atoms with Crippen LogP contribution < -0.4 is 10.1 Å². The van der Waals surface area contributed by atoms with Crippen LogP contribution in [0.4, 0.5) is 5.69 Å². The second-order valence-corrected chi connectivity index (χ2v) is 5.24. The SMILES string of the molecule is CCCOc1ccc(NC2CC(C)N(C)C2)cc1. The molecule has 18 heavy (non-hydrogen) atoms. The Kier molecular flexibility index (Phi) is 4.48. The van der Waals surface area contributed by atoms with E-state index in [9.17, 15) is 0 Å². The summed E-state index contributed by atoms with van der Waals surface area (Å²) in [6.45, 7) is 6.31. The van der Waals surface area contributed by atoms with Crippen LogP contribution in [0.2, 0.25) is 0 Å². The van der Waals surface area contributed by atoms with E-state index in [4.69, 9.17) is 4.74 Å². The first kappa shape index (κ1) is 13.2. The third-order valence-electron chi connectivity index (χ3n) is 3.58. The third-order valence-corrected chi connectivity index (χ3v) is 3.58. The molecule has 2 atom stereocenters. The molecule has 3 nitrogen and oxygen atoms in total. The average Bonchev–Trinajstić information content (AvgIpc) is 2.67. The fourth-order valence-corrected chi connectivity index (χ4v) is 2.40. The first-order valence-electron chi connectivity index (χ1n) is 6.88. The molecule has 2 rings (SSSR count). The van der Waals surface area contributed by atoms with Gasteiger partial charge in [0.25, 0.3) is 0 Å². The van der Waals surface area contributed by atoms with Crippen LogP contribution in [0.5, 0.6) is 5.75 Å². The lowest BCUT2D eigenvalue weighted by Crippen LogP contribution is -2.24. The Labute approximate surface area is 110 Å². The predicted octanol–water partition coefficient (Wildman–Crippen LogP) is 2.98. The van der Waals surface area contributed by atoms with Crippen molar-refractivity contribution in [3.05, 3.63) is 24.3 Å². The van der Waals surface area contributed by atoms with E-state index >= 15 is 0 Å². The van der Waals surface area contributed by atoms with Crippen LogP contribution in [0.3, 0.4) is 0 Å². The van der Waals surface area contributed by atoms with Gasteiger partial charge in [-0.25, -0.2) is 0 Å². The number of hydrogen-bond acceptors (Lipinski definition) is 3. The highest BCUT2D eigenvalue weighted by Crippen LogP contribution is 2.21. The molecule has 1 aliphatic rings. The van der Waals surface area contributed by atoms with Crippen molar-refractivity contribution in [1.29, 1.82) is 0 Å². The van der Waals surface area contributed by atoms with Crippen LogP contribution in [-0.2, 0) is 0 Å². The molecule has 1 aromatic carbocycles. The number of nitrogens with one attached hydrogen (secondary N) is 1. The standard InChI is InChI=1S/C15H24N2O/c1-4-9-18-15-7-5-13(6-8-15)16-14-10-12(2)17(3)11-14/h5-8,12,14,16H,4,9-11H2,1-3H3. The number of likely N-dealkylation sites (tertiary alicyclic amines) is 1. The maximum absolute atomic E-state index is 5.58. The Hall–Kier alpha value is -1.22. The summed E-state index contributed by atoms with van der Waals surface area (Å²) < 4.78 is 5.58. The van der Waals surface area contributed by atoms with Crippen LogP contribution in [0.1, 0.15) is 26.7 Å². The number of rotatable bonds is 5. The van der Waals surface area contributed by atoms with E-state index in [1.807, 2.05) is 12.1 Å². The second-order valence-electron chi connectivity index (χ2n) is 5.24. The van der Waals surface area contributed by atoms with Crippen molar-refractivity contribution in [1.82, 2.24) is 4.90 Å². The Balaban J connectivity index is 1.86. The van der Waals surface area contributed by atoms with Gasteiger partial charge in [0, 0.05) is 24.3 Å². The largest absolute Gasteiger partial charge is 0.494 e. The lowest BCUT2D eigenvalue weighted by molar-refractivity contribution is 0.317. The summed E-state index contributed by atoms with van der Waals surface area (Å²) in [7, 11) is 2.19. The molecule has 1 heterocycles. The smallest absolute Gasteiger partial charge is 0.119 e. The molecular weight excluding hydrogens is 224 g/mol. The summed E-state index contributed by atoms with van der Waals surface area (Å²) in [6.07, 6.45) is 2.26. The summed E-state index contributed by atoms with van der Waals surface area (Å²) in [5, 5.41) is 3.59. The van der Waals surface area contributed by atoms with E-state index in [0.717, 1.165) is 25.3 Å². The molecule has 3 heteroatoms. The Morgan fingerprint density at radius 3 is 2.61 bits per heavy atom. The molecule has 0 aliphatic carbocycles. The van der Waals surface area contributed by atoms with Gasteiger partial charge < -0.3 is 15.0 Å². The summed E-state index contributed by atoms with van der Waals surface area (Å²) >= 11 is 0. The molecule has 2 unspecified atom stereocenters. The highest BCUT2D eigenvalue weighted by atomic mass is 16.5. The molecule has 1 N–H and O–H groups in total. The van der Waals surface area contributed by atoms with Crippen LogP contribution >= 0.6 is 0 Å². The topological polar surface area (TPSA) is 24.5 Å². The van der Waals surface area contributed by atoms with Crippen molar-refractivity contribution in [2.45, 2.75) is 38.8 Å². The van der Waals surface area contributed by atoms with E-state index in [2.05, 4.69) is 43.2 Å². The lowest BCUT2D eigenvalue weighted by atomic mass is 10.2. The fraction of sp³-hybridized carbons (Fsp3) is 0.600. The maximum atomic E-state index is 5.58. The summed E-state index contributed by atoms with van der Waals surface area (Å²) in [5.74, 6) is 0.958. The Morgan fingerprint density at radius 2 is 2.06 bits per heavy atom. The van der Waals surface area contributed by atoms with Crippen molar-refractivity contribution in [3.8, 4) is 5.75 Å². The van der Waals surface area contributed by atoms with Gasteiger partial charge in [0.2, 0.25) is 0 Å². The van der Waals surface area contributed by atoms with Crippen LogP contribution in [0.15, 0.2) is 24.3 Å². The second kappa shape index (κ2) is 6.10. The highest BCUT2D eigenvalue weighted by molar-refractivity contribution is 5.47. The van der Waals surface area contributed by atoms with E-state index < -0.39 is 0 Å². The normalized spacial score (nSPS) is 24.2. The van der Waals surface area contributed by atoms with Gasteiger partial charge in [-0.05, 0) is 51.1 Å². The quantitative estimate of drug-likeness (QED) is 0.867. The van der Waals surface area contributed by atoms with Gasteiger partial charge in [-0.3, -0.25) is 0 Å². The zero-order valence-electron chi connectivity index (χ0n) is 11.6. The first-order chi connectivity index (χ1) is 8.69. The molecule has 1 saturated heterocycles. The highest BCUT2D eigenvalue weighted by Gasteiger charge is 2.25. The minimum absolute atomic E-state index is 0.562. The molecule has 100 valence electrons. The minimum atomic E-state index is 0.562. The van der Waals surface area contributed by atoms with Crippen LogP contribution in [0.25, 0.3) is 0 Å². The summed E-state index contributed by atoms with van der Waals surface area (Å²) in [4.78, 5) is 2.40. The van der Waals surface area contributed by atoms with Crippen LogP contribution in [0, 0.1) is 0 Å². The molecule has 0 aromatic heterocycles. The Morgan fingerprint density at radius 1 is 1.33 bits per heavy atom. The monoisotopic (exact) mass is 248 g/mol. The molecule has 1 aromatic rings. The Bertz CT molecular complexity index is 353. The number of hydrogen-bond donors (Lipinski definition) is 1. The van der Waals surface area contributed by atoms with Crippen molar-refractivity contribution < 1.29 is 4.74 Å². The van der Waals surface area contributed by atoms with E-state index in [1.54, 1.807) is 0 Å². The lowest BCUT2D eigenvalue weighted by Gasteiger charge is -2.14. The zero-order valence-corrected chi connectivity index (χ0v) is 11.6. The minimum Gasteiger partial charge on any atom is -0.494 e. The van der Waals surface area contributed by atoms with Gasteiger partial charge in [0.1, 0.15) is 5.75 Å². The zero-order chi connectivity index (χ0) is 13.0. The van der Waals surface area contributed by atoms with Gasteiger partial charge in [0.15, 0.2) is 0 Å². The molecule has 0 radical (unpaired) electrons. The first-order valence-corrected chi connectivity index (χ1v) is 6.88. The molecule has 0 saturated carbocycles. The van der Waals surface area contributed by atoms with Gasteiger partial charge >= 0.3 is 0 Å². The molecule has 0 amide bonds. The van der Waals surface area contributed by atoms with Crippen LogP contribution in [-0.4, -0.2) is 37.2 Å². The average molecular weight is 248 g/mol. The number of anilines is 1. The molecule has 1 fully saturated rings. The number of nitrogens with zero attached hydrogens (tertiary/aromatic N) is 1. The molecular formula is C15H24N2O. The fourth-order valence-electron chi connectivity index (χ4n) is 2.40. The van der Waals surface area contributed by atoms with Crippen molar-refractivity contribution in [2.24, 2.45) is 0 Å².